The molecule has 14 heavy (non-hydrogen) atoms. The standard InChI is InChI=1S/C8H9F2NO3/c9-8(10)3-1-5(2-4-8)6-11-14-7(12)13-6/h5H,1-4H2. The van der Waals surface area contributed by atoms with Gasteiger partial charge in [-0.1, -0.05) is 0 Å². The maximum Gasteiger partial charge on any atom is 0.542 e. The van der Waals surface area contributed by atoms with Crippen LogP contribution in [0.3, 0.4) is 0 Å². The van der Waals surface area contributed by atoms with Crippen molar-refractivity contribution in [3.05, 3.63) is 16.5 Å². The highest BCUT2D eigenvalue weighted by Crippen LogP contribution is 2.39. The van der Waals surface area contributed by atoms with Crippen LogP contribution in [0.15, 0.2) is 13.7 Å². The van der Waals surface area contributed by atoms with Crippen LogP contribution >= 0.6 is 0 Å². The lowest BCUT2D eigenvalue weighted by molar-refractivity contribution is -0.0400. The van der Waals surface area contributed by atoms with E-state index in [1.807, 2.05) is 0 Å². The summed E-state index contributed by atoms with van der Waals surface area (Å²) in [5, 5.41) is 3.39. The summed E-state index contributed by atoms with van der Waals surface area (Å²) in [7, 11) is 0. The van der Waals surface area contributed by atoms with Gasteiger partial charge in [0, 0.05) is 18.8 Å². The molecule has 1 aliphatic carbocycles. The maximum atomic E-state index is 12.8. The first-order valence-electron chi connectivity index (χ1n) is 4.41. The Kier molecular flexibility index (Phi) is 2.13. The van der Waals surface area contributed by atoms with Crippen molar-refractivity contribution in [1.82, 2.24) is 5.16 Å². The second-order valence-electron chi connectivity index (χ2n) is 3.50. The van der Waals surface area contributed by atoms with Gasteiger partial charge in [-0.2, -0.15) is 0 Å². The van der Waals surface area contributed by atoms with Crippen molar-refractivity contribution in [2.24, 2.45) is 0 Å². The lowest BCUT2D eigenvalue weighted by Gasteiger charge is -2.25. The molecule has 0 bridgehead atoms. The van der Waals surface area contributed by atoms with Crippen molar-refractivity contribution >= 4 is 0 Å². The molecule has 0 N–H and O–H groups in total. The molecule has 0 unspecified atom stereocenters. The normalized spacial score (nSPS) is 22.4. The van der Waals surface area contributed by atoms with E-state index in [0.29, 0.717) is 0 Å². The van der Waals surface area contributed by atoms with Crippen molar-refractivity contribution in [2.75, 3.05) is 0 Å². The predicted molar refractivity (Wildman–Crippen MR) is 41.2 cm³/mol. The van der Waals surface area contributed by atoms with Crippen LogP contribution in [0.1, 0.15) is 37.5 Å². The number of rotatable bonds is 1. The van der Waals surface area contributed by atoms with E-state index in [-0.39, 0.29) is 37.5 Å². The van der Waals surface area contributed by atoms with Crippen LogP contribution in [-0.2, 0) is 0 Å². The zero-order valence-corrected chi connectivity index (χ0v) is 7.33. The van der Waals surface area contributed by atoms with Crippen LogP contribution in [0, 0.1) is 0 Å². The molecule has 0 spiro atoms. The molecular formula is C8H9F2NO3. The van der Waals surface area contributed by atoms with Crippen molar-refractivity contribution < 1.29 is 17.7 Å². The summed E-state index contributed by atoms with van der Waals surface area (Å²) in [6, 6.07) is 0. The van der Waals surface area contributed by atoms with E-state index >= 15 is 0 Å². The van der Waals surface area contributed by atoms with Crippen LogP contribution < -0.4 is 5.82 Å². The van der Waals surface area contributed by atoms with Crippen molar-refractivity contribution in [2.45, 2.75) is 37.5 Å². The number of nitrogens with zero attached hydrogens (tertiary/aromatic N) is 1. The van der Waals surface area contributed by atoms with Gasteiger partial charge in [-0.25, -0.2) is 13.6 Å². The van der Waals surface area contributed by atoms with Gasteiger partial charge in [-0.05, 0) is 18.0 Å². The Hall–Kier alpha value is -1.20. The Labute approximate surface area is 77.9 Å². The van der Waals surface area contributed by atoms with E-state index in [2.05, 4.69) is 14.1 Å². The lowest BCUT2D eigenvalue weighted by atomic mass is 9.87. The van der Waals surface area contributed by atoms with E-state index in [0.717, 1.165) is 0 Å². The third kappa shape index (κ3) is 1.83. The molecule has 6 heteroatoms. The second-order valence-corrected chi connectivity index (χ2v) is 3.50. The van der Waals surface area contributed by atoms with E-state index in [1.165, 1.54) is 0 Å². The summed E-state index contributed by atoms with van der Waals surface area (Å²) >= 11 is 0. The molecule has 2 rings (SSSR count). The number of aromatic nitrogens is 1. The number of hydrogen-bond donors (Lipinski definition) is 0. The van der Waals surface area contributed by atoms with Gasteiger partial charge >= 0.3 is 5.82 Å². The van der Waals surface area contributed by atoms with Gasteiger partial charge < -0.3 is 4.42 Å². The third-order valence-corrected chi connectivity index (χ3v) is 2.46. The molecule has 0 aromatic carbocycles. The van der Waals surface area contributed by atoms with Crippen LogP contribution in [0.5, 0.6) is 0 Å². The molecular weight excluding hydrogens is 196 g/mol. The molecule has 78 valence electrons. The summed E-state index contributed by atoms with van der Waals surface area (Å²) in [5.74, 6) is -3.52. The van der Waals surface area contributed by atoms with Crippen molar-refractivity contribution in [1.29, 1.82) is 0 Å². The molecule has 1 aromatic rings. The van der Waals surface area contributed by atoms with Crippen LogP contribution in [0.25, 0.3) is 0 Å². The summed E-state index contributed by atoms with van der Waals surface area (Å²) in [4.78, 5) is 10.5. The smallest absolute Gasteiger partial charge is 0.375 e. The summed E-state index contributed by atoms with van der Waals surface area (Å²) < 4.78 is 34.3. The van der Waals surface area contributed by atoms with E-state index in [9.17, 15) is 13.6 Å². The fourth-order valence-electron chi connectivity index (χ4n) is 1.65. The highest BCUT2D eigenvalue weighted by Gasteiger charge is 2.37. The molecule has 1 aliphatic rings. The lowest BCUT2D eigenvalue weighted by Crippen LogP contribution is -2.23. The largest absolute Gasteiger partial charge is 0.542 e. The van der Waals surface area contributed by atoms with Gasteiger partial charge in [0.15, 0.2) is 0 Å². The predicted octanol–water partition coefficient (Wildman–Crippen LogP) is 1.92. The van der Waals surface area contributed by atoms with Gasteiger partial charge in [-0.3, -0.25) is 4.52 Å². The first-order valence-corrected chi connectivity index (χ1v) is 4.41. The molecule has 0 aliphatic heterocycles. The Bertz CT molecular complexity index is 361. The van der Waals surface area contributed by atoms with Gasteiger partial charge in [0.05, 0.1) is 0 Å². The van der Waals surface area contributed by atoms with E-state index < -0.39 is 11.7 Å². The van der Waals surface area contributed by atoms with Crippen LogP contribution in [0.4, 0.5) is 8.78 Å². The second kappa shape index (κ2) is 3.18. The molecule has 0 amide bonds. The van der Waals surface area contributed by atoms with Gasteiger partial charge in [0.2, 0.25) is 11.8 Å². The zero-order chi connectivity index (χ0) is 10.2. The highest BCUT2D eigenvalue weighted by molar-refractivity contribution is 4.92. The number of alkyl halides is 2. The summed E-state index contributed by atoms with van der Waals surface area (Å²) in [5.41, 5.74) is 0. The molecule has 0 saturated heterocycles. The van der Waals surface area contributed by atoms with Crippen molar-refractivity contribution in [3.63, 3.8) is 0 Å². The Morgan fingerprint density at radius 1 is 1.36 bits per heavy atom. The van der Waals surface area contributed by atoms with Gasteiger partial charge in [0.25, 0.3) is 0 Å². The number of hydrogen-bond acceptors (Lipinski definition) is 4. The molecule has 0 radical (unpaired) electrons. The SMILES string of the molecule is O=c1onc(C2CCC(F)(F)CC2)o1. The minimum Gasteiger partial charge on any atom is -0.375 e. The summed E-state index contributed by atoms with van der Waals surface area (Å²) in [6.07, 6.45) is 0.188. The fraction of sp³-hybridized carbons (Fsp3) is 0.750. The van der Waals surface area contributed by atoms with E-state index in [1.54, 1.807) is 0 Å². The monoisotopic (exact) mass is 205 g/mol. The third-order valence-electron chi connectivity index (χ3n) is 2.46. The average molecular weight is 205 g/mol. The van der Waals surface area contributed by atoms with Crippen LogP contribution in [0.2, 0.25) is 0 Å². The van der Waals surface area contributed by atoms with Gasteiger partial charge in [-0.15, -0.1) is 0 Å². The Balaban J connectivity index is 2.06. The molecule has 1 heterocycles. The Morgan fingerprint density at radius 3 is 2.50 bits per heavy atom. The minimum atomic E-state index is -2.58. The first kappa shape index (κ1) is 9.36. The topological polar surface area (TPSA) is 56.2 Å². The Morgan fingerprint density at radius 2 is 2.00 bits per heavy atom. The highest BCUT2D eigenvalue weighted by atomic mass is 19.3. The average Bonchev–Trinajstić information content (AvgIpc) is 2.52. The fourth-order valence-corrected chi connectivity index (χ4v) is 1.65. The molecule has 1 fully saturated rings. The maximum absolute atomic E-state index is 12.8. The molecule has 1 aromatic heterocycles. The summed E-state index contributed by atoms with van der Waals surface area (Å²) in [6.45, 7) is 0. The quantitative estimate of drug-likeness (QED) is 0.702. The van der Waals surface area contributed by atoms with Crippen LogP contribution in [-0.4, -0.2) is 11.1 Å². The first-order chi connectivity index (χ1) is 6.57. The number of halogens is 2. The zero-order valence-electron chi connectivity index (χ0n) is 7.33. The molecule has 4 nitrogen and oxygen atoms in total. The van der Waals surface area contributed by atoms with E-state index in [4.69, 9.17) is 0 Å². The molecule has 1 saturated carbocycles. The van der Waals surface area contributed by atoms with Crippen molar-refractivity contribution in [3.8, 4) is 0 Å². The molecule has 0 atom stereocenters. The van der Waals surface area contributed by atoms with Gasteiger partial charge in [0.1, 0.15) is 0 Å². The minimum absolute atomic E-state index is 0.144.